The summed E-state index contributed by atoms with van der Waals surface area (Å²) < 4.78 is 0. The number of rotatable bonds is 5. The topological polar surface area (TPSA) is 55.8 Å². The van der Waals surface area contributed by atoms with E-state index in [4.69, 9.17) is 0 Å². The van der Waals surface area contributed by atoms with Crippen LogP contribution in [0.15, 0.2) is 0 Å². The van der Waals surface area contributed by atoms with Crippen LogP contribution < -0.4 is 5.32 Å². The number of likely N-dealkylation sites (N-methyl/N-ethyl adjacent to an activating group) is 1. The Hall–Kier alpha value is -0.810. The molecule has 1 unspecified atom stereocenters. The first-order valence-electron chi connectivity index (χ1n) is 6.88. The van der Waals surface area contributed by atoms with Crippen molar-refractivity contribution in [1.82, 2.24) is 15.1 Å². The number of nitrogens with one attached hydrogen (secondary N) is 1. The first-order chi connectivity index (χ1) is 8.49. The number of carbonyl (C=O) groups is 1. The highest BCUT2D eigenvalue weighted by Crippen LogP contribution is 2.14. The molecule has 0 bridgehead atoms. The maximum atomic E-state index is 11.7. The fourth-order valence-electron chi connectivity index (χ4n) is 2.22. The molecule has 5 nitrogen and oxygen atoms in total. The lowest BCUT2D eigenvalue weighted by atomic mass is 9.99. The van der Waals surface area contributed by atoms with Crippen LogP contribution in [-0.4, -0.2) is 66.8 Å². The molecule has 1 atom stereocenters. The number of aliphatic hydroxyl groups excluding tert-OH is 1. The van der Waals surface area contributed by atoms with Crippen molar-refractivity contribution in [3.05, 3.63) is 0 Å². The predicted molar refractivity (Wildman–Crippen MR) is 72.5 cm³/mol. The van der Waals surface area contributed by atoms with Crippen molar-refractivity contribution in [3.63, 3.8) is 0 Å². The molecule has 1 fully saturated rings. The lowest BCUT2D eigenvalue weighted by molar-refractivity contribution is 0.142. The number of hydrogen-bond donors (Lipinski definition) is 2. The Balaban J connectivity index is 2.11. The normalized spacial score (nSPS) is 19.6. The van der Waals surface area contributed by atoms with E-state index < -0.39 is 6.10 Å². The Labute approximate surface area is 110 Å². The molecule has 0 aromatic carbocycles. The average Bonchev–Trinajstić information content (AvgIpc) is 2.30. The smallest absolute Gasteiger partial charge is 0.317 e. The number of aliphatic hydroxyl groups is 1. The van der Waals surface area contributed by atoms with Crippen LogP contribution in [0.4, 0.5) is 4.79 Å². The van der Waals surface area contributed by atoms with E-state index in [2.05, 4.69) is 17.1 Å². The fourth-order valence-corrected chi connectivity index (χ4v) is 2.22. The molecule has 106 valence electrons. The summed E-state index contributed by atoms with van der Waals surface area (Å²) in [5, 5.41) is 12.1. The number of carbonyl (C=O) groups excluding carboxylic acids is 1. The lowest BCUT2D eigenvalue weighted by Gasteiger charge is -2.30. The molecule has 18 heavy (non-hydrogen) atoms. The summed E-state index contributed by atoms with van der Waals surface area (Å²) in [7, 11) is 1.70. The zero-order valence-electron chi connectivity index (χ0n) is 11.9. The zero-order chi connectivity index (χ0) is 13.5. The van der Waals surface area contributed by atoms with Crippen molar-refractivity contribution in [3.8, 4) is 0 Å². The Morgan fingerprint density at radius 2 is 2.11 bits per heavy atom. The molecule has 0 aromatic heterocycles. The second kappa shape index (κ2) is 7.59. The third-order valence-corrected chi connectivity index (χ3v) is 3.47. The molecule has 1 saturated heterocycles. The summed E-state index contributed by atoms with van der Waals surface area (Å²) in [5.41, 5.74) is 0. The SMILES string of the molecule is CC(O)CN(C)C(=O)NCCN1CCC(C)CC1. The summed E-state index contributed by atoms with van der Waals surface area (Å²) in [6.45, 7) is 8.22. The Kier molecular flexibility index (Phi) is 6.43. The van der Waals surface area contributed by atoms with Crippen molar-refractivity contribution in [2.75, 3.05) is 39.8 Å². The molecule has 5 heteroatoms. The van der Waals surface area contributed by atoms with Crippen LogP contribution in [0.5, 0.6) is 0 Å². The second-order valence-electron chi connectivity index (χ2n) is 5.49. The molecule has 0 saturated carbocycles. The van der Waals surface area contributed by atoms with Gasteiger partial charge in [-0.2, -0.15) is 0 Å². The molecular formula is C13H27N3O2. The average molecular weight is 257 g/mol. The second-order valence-corrected chi connectivity index (χ2v) is 5.49. The van der Waals surface area contributed by atoms with Crippen LogP contribution >= 0.6 is 0 Å². The van der Waals surface area contributed by atoms with E-state index in [9.17, 15) is 9.90 Å². The van der Waals surface area contributed by atoms with Gasteiger partial charge in [0.1, 0.15) is 0 Å². The van der Waals surface area contributed by atoms with Crippen LogP contribution in [-0.2, 0) is 0 Å². The maximum absolute atomic E-state index is 11.7. The Morgan fingerprint density at radius 3 is 2.67 bits per heavy atom. The van der Waals surface area contributed by atoms with Gasteiger partial charge < -0.3 is 20.2 Å². The molecule has 0 aromatic rings. The monoisotopic (exact) mass is 257 g/mol. The highest BCUT2D eigenvalue weighted by atomic mass is 16.3. The first kappa shape index (κ1) is 15.2. The van der Waals surface area contributed by atoms with Crippen molar-refractivity contribution >= 4 is 6.03 Å². The van der Waals surface area contributed by atoms with Gasteiger partial charge in [-0.25, -0.2) is 4.79 Å². The van der Waals surface area contributed by atoms with Gasteiger partial charge in [-0.05, 0) is 38.8 Å². The van der Waals surface area contributed by atoms with Gasteiger partial charge in [-0.15, -0.1) is 0 Å². The van der Waals surface area contributed by atoms with Crippen LogP contribution in [0.2, 0.25) is 0 Å². The third-order valence-electron chi connectivity index (χ3n) is 3.47. The van der Waals surface area contributed by atoms with Gasteiger partial charge in [-0.1, -0.05) is 6.92 Å². The zero-order valence-corrected chi connectivity index (χ0v) is 11.9. The Morgan fingerprint density at radius 1 is 1.50 bits per heavy atom. The molecule has 1 aliphatic heterocycles. The summed E-state index contributed by atoms with van der Waals surface area (Å²) in [4.78, 5) is 15.6. The number of urea groups is 1. The van der Waals surface area contributed by atoms with Gasteiger partial charge >= 0.3 is 6.03 Å². The molecule has 1 aliphatic rings. The van der Waals surface area contributed by atoms with Crippen molar-refractivity contribution in [1.29, 1.82) is 0 Å². The van der Waals surface area contributed by atoms with E-state index in [0.717, 1.165) is 25.6 Å². The van der Waals surface area contributed by atoms with E-state index in [1.54, 1.807) is 14.0 Å². The Bertz CT molecular complexity index is 251. The minimum absolute atomic E-state index is 0.110. The summed E-state index contributed by atoms with van der Waals surface area (Å²) in [6, 6.07) is -0.110. The van der Waals surface area contributed by atoms with Crippen molar-refractivity contribution in [2.24, 2.45) is 5.92 Å². The summed E-state index contributed by atoms with van der Waals surface area (Å²) >= 11 is 0. The molecule has 0 spiro atoms. The standard InChI is InChI=1S/C13H27N3O2/c1-11-4-7-16(8-5-11)9-6-14-13(18)15(3)10-12(2)17/h11-12,17H,4-10H2,1-3H3,(H,14,18). The number of nitrogens with zero attached hydrogens (tertiary/aromatic N) is 2. The summed E-state index contributed by atoms with van der Waals surface area (Å²) in [5.74, 6) is 0.841. The van der Waals surface area contributed by atoms with Crippen LogP contribution in [0.1, 0.15) is 26.7 Å². The van der Waals surface area contributed by atoms with Crippen LogP contribution in [0, 0.1) is 5.92 Å². The van der Waals surface area contributed by atoms with Gasteiger partial charge in [0.15, 0.2) is 0 Å². The number of amides is 2. The minimum Gasteiger partial charge on any atom is -0.392 e. The van der Waals surface area contributed by atoms with Gasteiger partial charge in [0, 0.05) is 26.7 Å². The quantitative estimate of drug-likeness (QED) is 0.764. The summed E-state index contributed by atoms with van der Waals surface area (Å²) in [6.07, 6.45) is 2.04. The first-order valence-corrected chi connectivity index (χ1v) is 6.88. The van der Waals surface area contributed by atoms with E-state index in [1.165, 1.54) is 17.7 Å². The lowest BCUT2D eigenvalue weighted by Crippen LogP contribution is -2.44. The minimum atomic E-state index is -0.482. The van der Waals surface area contributed by atoms with Gasteiger partial charge in [0.2, 0.25) is 0 Å². The highest BCUT2D eigenvalue weighted by molar-refractivity contribution is 5.73. The third kappa shape index (κ3) is 5.69. The van der Waals surface area contributed by atoms with Crippen molar-refractivity contribution < 1.29 is 9.90 Å². The van der Waals surface area contributed by atoms with Gasteiger partial charge in [0.05, 0.1) is 6.10 Å². The number of likely N-dealkylation sites (tertiary alicyclic amines) is 1. The van der Waals surface area contributed by atoms with Crippen LogP contribution in [0.3, 0.4) is 0 Å². The molecule has 0 aliphatic carbocycles. The van der Waals surface area contributed by atoms with Crippen molar-refractivity contribution in [2.45, 2.75) is 32.8 Å². The number of piperidine rings is 1. The molecule has 2 N–H and O–H groups in total. The maximum Gasteiger partial charge on any atom is 0.317 e. The highest BCUT2D eigenvalue weighted by Gasteiger charge is 2.15. The van der Waals surface area contributed by atoms with Gasteiger partial charge in [0.25, 0.3) is 0 Å². The van der Waals surface area contributed by atoms with E-state index in [0.29, 0.717) is 13.1 Å². The molecule has 1 heterocycles. The molecule has 0 radical (unpaired) electrons. The molecule has 1 rings (SSSR count). The van der Waals surface area contributed by atoms with E-state index in [1.807, 2.05) is 0 Å². The van der Waals surface area contributed by atoms with Gasteiger partial charge in [-0.3, -0.25) is 0 Å². The van der Waals surface area contributed by atoms with E-state index >= 15 is 0 Å². The predicted octanol–water partition coefficient (Wildman–Crippen LogP) is 0.740. The molecule has 2 amide bonds. The fraction of sp³-hybridized carbons (Fsp3) is 0.923. The largest absolute Gasteiger partial charge is 0.392 e. The molecular weight excluding hydrogens is 230 g/mol. The van der Waals surface area contributed by atoms with E-state index in [-0.39, 0.29) is 6.03 Å². The van der Waals surface area contributed by atoms with Crippen LogP contribution in [0.25, 0.3) is 0 Å². The number of hydrogen-bond acceptors (Lipinski definition) is 3.